The van der Waals surface area contributed by atoms with Crippen molar-refractivity contribution in [2.75, 3.05) is 5.32 Å². The number of amides is 1. The van der Waals surface area contributed by atoms with Crippen LogP contribution < -0.4 is 5.32 Å². The molecule has 0 fully saturated rings. The minimum absolute atomic E-state index is 0.0947. The van der Waals surface area contributed by atoms with Crippen LogP contribution in [0.4, 0.5) is 5.69 Å². The fourth-order valence-electron chi connectivity index (χ4n) is 1.55. The van der Waals surface area contributed by atoms with Gasteiger partial charge in [-0.05, 0) is 31.2 Å². The van der Waals surface area contributed by atoms with Gasteiger partial charge in [-0.15, -0.1) is 0 Å². The molecule has 0 radical (unpaired) electrons. The van der Waals surface area contributed by atoms with Crippen LogP contribution in [0.15, 0.2) is 41.8 Å². The molecule has 2 rings (SSSR count). The van der Waals surface area contributed by atoms with Crippen LogP contribution in [0.3, 0.4) is 0 Å². The van der Waals surface area contributed by atoms with Crippen molar-refractivity contribution in [3.8, 4) is 6.07 Å². The van der Waals surface area contributed by atoms with Crippen LogP contribution in [-0.2, 0) is 11.8 Å². The number of anilines is 1. The molecule has 0 spiro atoms. The van der Waals surface area contributed by atoms with Crippen LogP contribution in [0, 0.1) is 11.3 Å². The van der Waals surface area contributed by atoms with Crippen molar-refractivity contribution in [1.82, 2.24) is 9.55 Å². The zero-order valence-corrected chi connectivity index (χ0v) is 12.0. The largest absolute Gasteiger partial charge is 0.329 e. The SMILES string of the molecule is CC(Sc1nccn1C)C(=O)Nc1ccc(C#N)cc1. The molecule has 1 unspecified atom stereocenters. The second kappa shape index (κ2) is 6.26. The highest BCUT2D eigenvalue weighted by Gasteiger charge is 2.16. The number of carbonyl (C=O) groups excluding carboxylic acids is 1. The molecular formula is C14H14N4OS. The number of hydrogen-bond donors (Lipinski definition) is 1. The highest BCUT2D eigenvalue weighted by atomic mass is 32.2. The van der Waals surface area contributed by atoms with Crippen LogP contribution in [-0.4, -0.2) is 20.7 Å². The lowest BCUT2D eigenvalue weighted by molar-refractivity contribution is -0.115. The average Bonchev–Trinajstić information content (AvgIpc) is 2.85. The lowest BCUT2D eigenvalue weighted by atomic mass is 10.2. The number of nitriles is 1. The normalized spacial score (nSPS) is 11.7. The first-order chi connectivity index (χ1) is 9.60. The van der Waals surface area contributed by atoms with Crippen LogP contribution >= 0.6 is 11.8 Å². The molecule has 1 atom stereocenters. The predicted octanol–water partition coefficient (Wildman–Crippen LogP) is 2.41. The Balaban J connectivity index is 1.97. The number of nitrogens with one attached hydrogen (secondary N) is 1. The highest BCUT2D eigenvalue weighted by molar-refractivity contribution is 8.00. The fraction of sp³-hybridized carbons (Fsp3) is 0.214. The molecule has 6 heteroatoms. The van der Waals surface area contributed by atoms with E-state index in [9.17, 15) is 4.79 Å². The molecule has 1 aromatic carbocycles. The Morgan fingerprint density at radius 2 is 2.15 bits per heavy atom. The van der Waals surface area contributed by atoms with E-state index in [2.05, 4.69) is 10.3 Å². The van der Waals surface area contributed by atoms with Gasteiger partial charge in [-0.1, -0.05) is 11.8 Å². The molecule has 0 saturated carbocycles. The molecule has 0 aliphatic heterocycles. The molecule has 0 aliphatic carbocycles. The number of imidazole rings is 1. The molecule has 0 saturated heterocycles. The first kappa shape index (κ1) is 14.2. The summed E-state index contributed by atoms with van der Waals surface area (Å²) in [6.45, 7) is 1.83. The maximum atomic E-state index is 12.1. The minimum Gasteiger partial charge on any atom is -0.329 e. The molecule has 0 bridgehead atoms. The first-order valence-electron chi connectivity index (χ1n) is 6.05. The summed E-state index contributed by atoms with van der Waals surface area (Å²) >= 11 is 1.40. The van der Waals surface area contributed by atoms with Crippen molar-refractivity contribution in [3.63, 3.8) is 0 Å². The Morgan fingerprint density at radius 3 is 2.70 bits per heavy atom. The van der Waals surface area contributed by atoms with E-state index in [4.69, 9.17) is 5.26 Å². The molecular weight excluding hydrogens is 272 g/mol. The van der Waals surface area contributed by atoms with Gasteiger partial charge in [-0.2, -0.15) is 5.26 Å². The van der Waals surface area contributed by atoms with E-state index in [0.717, 1.165) is 5.16 Å². The van der Waals surface area contributed by atoms with Gasteiger partial charge in [0.15, 0.2) is 5.16 Å². The molecule has 20 heavy (non-hydrogen) atoms. The van der Waals surface area contributed by atoms with Gasteiger partial charge >= 0.3 is 0 Å². The van der Waals surface area contributed by atoms with Crippen LogP contribution in [0.1, 0.15) is 12.5 Å². The topological polar surface area (TPSA) is 70.7 Å². The van der Waals surface area contributed by atoms with E-state index >= 15 is 0 Å². The van der Waals surface area contributed by atoms with Crippen molar-refractivity contribution >= 4 is 23.4 Å². The number of thioether (sulfide) groups is 1. The molecule has 1 aromatic heterocycles. The quantitative estimate of drug-likeness (QED) is 0.876. The van der Waals surface area contributed by atoms with Crippen molar-refractivity contribution in [3.05, 3.63) is 42.2 Å². The van der Waals surface area contributed by atoms with E-state index < -0.39 is 0 Å². The summed E-state index contributed by atoms with van der Waals surface area (Å²) in [4.78, 5) is 16.2. The third-order valence-electron chi connectivity index (χ3n) is 2.71. The number of rotatable bonds is 4. The Bertz CT molecular complexity index is 642. The van der Waals surface area contributed by atoms with E-state index in [-0.39, 0.29) is 11.2 Å². The van der Waals surface area contributed by atoms with E-state index in [1.807, 2.05) is 30.8 Å². The van der Waals surface area contributed by atoms with Crippen LogP contribution in [0.2, 0.25) is 0 Å². The maximum Gasteiger partial charge on any atom is 0.237 e. The summed E-state index contributed by atoms with van der Waals surface area (Å²) in [5, 5.41) is 12.1. The number of aromatic nitrogens is 2. The summed E-state index contributed by atoms with van der Waals surface area (Å²) in [7, 11) is 1.89. The average molecular weight is 286 g/mol. The van der Waals surface area contributed by atoms with Gasteiger partial charge < -0.3 is 9.88 Å². The molecule has 1 heterocycles. The van der Waals surface area contributed by atoms with Crippen molar-refractivity contribution in [1.29, 1.82) is 5.26 Å². The number of nitrogens with zero attached hydrogens (tertiary/aromatic N) is 3. The smallest absolute Gasteiger partial charge is 0.237 e. The van der Waals surface area contributed by atoms with Gasteiger partial charge in [0.25, 0.3) is 0 Å². The number of carbonyl (C=O) groups is 1. The van der Waals surface area contributed by atoms with Gasteiger partial charge in [0.05, 0.1) is 16.9 Å². The van der Waals surface area contributed by atoms with E-state index in [1.54, 1.807) is 30.5 Å². The lowest BCUT2D eigenvalue weighted by Crippen LogP contribution is -2.22. The number of benzene rings is 1. The molecule has 1 N–H and O–H groups in total. The van der Waals surface area contributed by atoms with Gasteiger partial charge in [0.1, 0.15) is 0 Å². The van der Waals surface area contributed by atoms with Crippen molar-refractivity contribution in [2.24, 2.45) is 7.05 Å². The Morgan fingerprint density at radius 1 is 1.45 bits per heavy atom. The van der Waals surface area contributed by atoms with E-state index in [1.165, 1.54) is 11.8 Å². The molecule has 102 valence electrons. The van der Waals surface area contributed by atoms with Gasteiger partial charge in [0, 0.05) is 25.1 Å². The van der Waals surface area contributed by atoms with E-state index in [0.29, 0.717) is 11.3 Å². The number of aryl methyl sites for hydroxylation is 1. The molecule has 5 nitrogen and oxygen atoms in total. The summed E-state index contributed by atoms with van der Waals surface area (Å²) in [5.74, 6) is -0.0947. The van der Waals surface area contributed by atoms with Gasteiger partial charge in [0.2, 0.25) is 5.91 Å². The third-order valence-corrected chi connectivity index (χ3v) is 3.88. The van der Waals surface area contributed by atoms with Crippen molar-refractivity contribution < 1.29 is 4.79 Å². The second-order valence-corrected chi connectivity index (χ2v) is 5.57. The lowest BCUT2D eigenvalue weighted by Gasteiger charge is -2.11. The minimum atomic E-state index is -0.258. The summed E-state index contributed by atoms with van der Waals surface area (Å²) in [5.41, 5.74) is 1.25. The maximum absolute atomic E-state index is 12.1. The Hall–Kier alpha value is -2.26. The Kier molecular flexibility index (Phi) is 4.43. The number of hydrogen-bond acceptors (Lipinski definition) is 4. The standard InChI is InChI=1S/C14H14N4OS/c1-10(20-14-16-7-8-18(14)2)13(19)17-12-5-3-11(9-15)4-6-12/h3-8,10H,1-2H3,(H,17,19). The highest BCUT2D eigenvalue weighted by Crippen LogP contribution is 2.22. The monoisotopic (exact) mass is 286 g/mol. The Labute approximate surface area is 121 Å². The van der Waals surface area contributed by atoms with Crippen molar-refractivity contribution in [2.45, 2.75) is 17.3 Å². The first-order valence-corrected chi connectivity index (χ1v) is 6.93. The summed E-state index contributed by atoms with van der Waals surface area (Å²) in [6.07, 6.45) is 3.54. The second-order valence-electron chi connectivity index (χ2n) is 4.26. The summed E-state index contributed by atoms with van der Waals surface area (Å²) < 4.78 is 1.87. The van der Waals surface area contributed by atoms with Gasteiger partial charge in [-0.25, -0.2) is 4.98 Å². The molecule has 0 aliphatic rings. The van der Waals surface area contributed by atoms with Crippen LogP contribution in [0.25, 0.3) is 0 Å². The van der Waals surface area contributed by atoms with Crippen LogP contribution in [0.5, 0.6) is 0 Å². The van der Waals surface area contributed by atoms with Gasteiger partial charge in [-0.3, -0.25) is 4.79 Å². The third kappa shape index (κ3) is 3.39. The molecule has 2 aromatic rings. The zero-order chi connectivity index (χ0) is 14.5. The predicted molar refractivity (Wildman–Crippen MR) is 78.3 cm³/mol. The molecule has 1 amide bonds. The zero-order valence-electron chi connectivity index (χ0n) is 11.2. The fourth-order valence-corrected chi connectivity index (χ4v) is 2.38. The summed E-state index contributed by atoms with van der Waals surface area (Å²) in [6, 6.07) is 8.82.